The molecule has 1 aromatic heterocycles. The predicted octanol–water partition coefficient (Wildman–Crippen LogP) is 2.90. The molecule has 0 spiro atoms. The van der Waals surface area contributed by atoms with Crippen LogP contribution in [0.15, 0.2) is 29.6 Å². The van der Waals surface area contributed by atoms with E-state index in [-0.39, 0.29) is 0 Å². The van der Waals surface area contributed by atoms with E-state index in [0.717, 1.165) is 17.0 Å². The van der Waals surface area contributed by atoms with Crippen molar-refractivity contribution >= 4 is 28.6 Å². The van der Waals surface area contributed by atoms with Gasteiger partial charge in [0.05, 0.1) is 12.8 Å². The molecule has 0 bridgehead atoms. The molecule has 82 valence electrons. The lowest BCUT2D eigenvalue weighted by Crippen LogP contribution is -1.82. The van der Waals surface area contributed by atoms with Crippen LogP contribution in [0.3, 0.4) is 0 Å². The Morgan fingerprint density at radius 2 is 2.00 bits per heavy atom. The average Bonchev–Trinajstić information content (AvgIpc) is 2.73. The largest absolute Gasteiger partial charge is 0.497 e. The Balaban J connectivity index is 2.11. The van der Waals surface area contributed by atoms with E-state index in [0.29, 0.717) is 5.13 Å². The van der Waals surface area contributed by atoms with E-state index in [1.54, 1.807) is 7.11 Å². The fourth-order valence-corrected chi connectivity index (χ4v) is 1.80. The molecule has 0 aliphatic carbocycles. The van der Waals surface area contributed by atoms with Crippen LogP contribution in [0.2, 0.25) is 0 Å². The van der Waals surface area contributed by atoms with Gasteiger partial charge in [-0.2, -0.15) is 0 Å². The molecule has 0 unspecified atom stereocenters. The summed E-state index contributed by atoms with van der Waals surface area (Å²) < 4.78 is 5.08. The average molecular weight is 232 g/mol. The van der Waals surface area contributed by atoms with Gasteiger partial charge in [-0.05, 0) is 23.8 Å². The van der Waals surface area contributed by atoms with Crippen molar-refractivity contribution in [1.29, 1.82) is 0 Å². The molecule has 0 saturated carbocycles. The lowest BCUT2D eigenvalue weighted by molar-refractivity contribution is 0.415. The molecule has 0 aliphatic heterocycles. The van der Waals surface area contributed by atoms with E-state index in [1.807, 2.05) is 41.8 Å². The summed E-state index contributed by atoms with van der Waals surface area (Å²) in [5, 5.41) is 2.52. The summed E-state index contributed by atoms with van der Waals surface area (Å²) in [5.74, 6) is 0.857. The Hall–Kier alpha value is -1.81. The number of aromatic nitrogens is 1. The number of nitrogens with zero attached hydrogens (tertiary/aromatic N) is 1. The van der Waals surface area contributed by atoms with E-state index in [9.17, 15) is 0 Å². The maximum absolute atomic E-state index is 5.54. The maximum Gasteiger partial charge on any atom is 0.180 e. The van der Waals surface area contributed by atoms with Gasteiger partial charge in [-0.15, -0.1) is 11.3 Å². The standard InChI is InChI=1S/C12H12N2OS/c1-15-11-6-3-9(4-7-11)2-5-10-8-16-12(13)14-10/h2-8H,1H3,(H2,13,14). The second-order valence-electron chi connectivity index (χ2n) is 3.22. The van der Waals surface area contributed by atoms with Crippen LogP contribution >= 0.6 is 11.3 Å². The quantitative estimate of drug-likeness (QED) is 0.885. The van der Waals surface area contributed by atoms with Crippen molar-refractivity contribution in [2.45, 2.75) is 0 Å². The molecule has 4 heteroatoms. The SMILES string of the molecule is COc1ccc(C=Cc2csc(N)n2)cc1. The van der Waals surface area contributed by atoms with Gasteiger partial charge in [0, 0.05) is 5.38 Å². The second kappa shape index (κ2) is 4.81. The number of hydrogen-bond acceptors (Lipinski definition) is 4. The highest BCUT2D eigenvalue weighted by Crippen LogP contribution is 2.16. The molecule has 2 aromatic rings. The van der Waals surface area contributed by atoms with Gasteiger partial charge in [0.25, 0.3) is 0 Å². The smallest absolute Gasteiger partial charge is 0.180 e. The van der Waals surface area contributed by atoms with Gasteiger partial charge >= 0.3 is 0 Å². The van der Waals surface area contributed by atoms with Crippen LogP contribution in [0.25, 0.3) is 12.2 Å². The van der Waals surface area contributed by atoms with Crippen molar-refractivity contribution in [1.82, 2.24) is 4.98 Å². The summed E-state index contributed by atoms with van der Waals surface area (Å²) in [6, 6.07) is 7.83. The molecule has 2 N–H and O–H groups in total. The van der Waals surface area contributed by atoms with Crippen LogP contribution in [0, 0.1) is 0 Å². The number of ether oxygens (including phenoxy) is 1. The number of rotatable bonds is 3. The maximum atomic E-state index is 5.54. The summed E-state index contributed by atoms with van der Waals surface area (Å²) in [7, 11) is 1.66. The predicted molar refractivity (Wildman–Crippen MR) is 68.4 cm³/mol. The number of anilines is 1. The van der Waals surface area contributed by atoms with E-state index >= 15 is 0 Å². The molecular weight excluding hydrogens is 220 g/mol. The first-order chi connectivity index (χ1) is 7.78. The molecule has 0 saturated heterocycles. The van der Waals surface area contributed by atoms with Crippen molar-refractivity contribution in [3.8, 4) is 5.75 Å². The van der Waals surface area contributed by atoms with Gasteiger partial charge in [0.15, 0.2) is 5.13 Å². The number of thiazole rings is 1. The zero-order valence-electron chi connectivity index (χ0n) is 8.88. The molecule has 0 fully saturated rings. The highest BCUT2D eigenvalue weighted by Gasteiger charge is 1.94. The van der Waals surface area contributed by atoms with Crippen LogP contribution in [0.4, 0.5) is 5.13 Å². The molecule has 0 atom stereocenters. The summed E-state index contributed by atoms with van der Waals surface area (Å²) in [6.07, 6.45) is 3.93. The molecule has 0 radical (unpaired) electrons. The Morgan fingerprint density at radius 3 is 2.56 bits per heavy atom. The van der Waals surface area contributed by atoms with Gasteiger partial charge < -0.3 is 10.5 Å². The van der Waals surface area contributed by atoms with E-state index in [1.165, 1.54) is 11.3 Å². The van der Waals surface area contributed by atoms with E-state index in [4.69, 9.17) is 10.5 Å². The third-order valence-corrected chi connectivity index (χ3v) is 2.79. The first-order valence-corrected chi connectivity index (χ1v) is 5.69. The minimum atomic E-state index is 0.592. The van der Waals surface area contributed by atoms with Gasteiger partial charge in [-0.3, -0.25) is 0 Å². The van der Waals surface area contributed by atoms with Gasteiger partial charge in [0.1, 0.15) is 5.75 Å². The first kappa shape index (κ1) is 10.7. The molecule has 3 nitrogen and oxygen atoms in total. The fraction of sp³-hybridized carbons (Fsp3) is 0.0833. The van der Waals surface area contributed by atoms with Crippen LogP contribution in [-0.2, 0) is 0 Å². The summed E-state index contributed by atoms with van der Waals surface area (Å²) in [4.78, 5) is 4.14. The number of methoxy groups -OCH3 is 1. The van der Waals surface area contributed by atoms with Gasteiger partial charge in [-0.25, -0.2) is 4.98 Å². The molecule has 0 amide bonds. The molecule has 1 heterocycles. The summed E-state index contributed by atoms with van der Waals surface area (Å²) >= 11 is 1.44. The number of nitrogen functional groups attached to an aromatic ring is 1. The second-order valence-corrected chi connectivity index (χ2v) is 4.11. The normalized spacial score (nSPS) is 10.8. The Bertz CT molecular complexity index is 488. The molecule has 0 aliphatic rings. The van der Waals surface area contributed by atoms with Crippen molar-refractivity contribution in [3.63, 3.8) is 0 Å². The van der Waals surface area contributed by atoms with Crippen LogP contribution in [0.1, 0.15) is 11.3 Å². The topological polar surface area (TPSA) is 48.1 Å². The Labute approximate surface area is 98.2 Å². The van der Waals surface area contributed by atoms with Crippen molar-refractivity contribution in [2.75, 3.05) is 12.8 Å². The number of nitrogens with two attached hydrogens (primary N) is 1. The van der Waals surface area contributed by atoms with Gasteiger partial charge in [-0.1, -0.05) is 18.2 Å². The zero-order chi connectivity index (χ0) is 11.4. The molecular formula is C12H12N2OS. The van der Waals surface area contributed by atoms with Crippen LogP contribution in [0.5, 0.6) is 5.75 Å². The summed E-state index contributed by atoms with van der Waals surface area (Å²) in [5.41, 5.74) is 7.53. The Morgan fingerprint density at radius 1 is 1.25 bits per heavy atom. The molecule has 16 heavy (non-hydrogen) atoms. The minimum Gasteiger partial charge on any atom is -0.497 e. The Kier molecular flexibility index (Phi) is 3.22. The summed E-state index contributed by atoms with van der Waals surface area (Å²) in [6.45, 7) is 0. The lowest BCUT2D eigenvalue weighted by atomic mass is 10.2. The monoisotopic (exact) mass is 232 g/mol. The lowest BCUT2D eigenvalue weighted by Gasteiger charge is -1.98. The molecule has 2 rings (SSSR count). The number of hydrogen-bond donors (Lipinski definition) is 1. The third-order valence-electron chi connectivity index (χ3n) is 2.10. The van der Waals surface area contributed by atoms with Crippen LogP contribution in [-0.4, -0.2) is 12.1 Å². The minimum absolute atomic E-state index is 0.592. The van der Waals surface area contributed by atoms with E-state index in [2.05, 4.69) is 4.98 Å². The van der Waals surface area contributed by atoms with Gasteiger partial charge in [0.2, 0.25) is 0 Å². The third kappa shape index (κ3) is 2.61. The highest BCUT2D eigenvalue weighted by atomic mass is 32.1. The van der Waals surface area contributed by atoms with Crippen LogP contribution < -0.4 is 10.5 Å². The molecule has 1 aromatic carbocycles. The number of benzene rings is 1. The highest BCUT2D eigenvalue weighted by molar-refractivity contribution is 7.13. The van der Waals surface area contributed by atoms with Crippen molar-refractivity contribution in [3.05, 3.63) is 40.9 Å². The van der Waals surface area contributed by atoms with Crippen molar-refractivity contribution < 1.29 is 4.74 Å². The van der Waals surface area contributed by atoms with E-state index < -0.39 is 0 Å². The van der Waals surface area contributed by atoms with Crippen molar-refractivity contribution in [2.24, 2.45) is 0 Å². The first-order valence-electron chi connectivity index (χ1n) is 4.81. The fourth-order valence-electron chi connectivity index (χ4n) is 1.27. The zero-order valence-corrected chi connectivity index (χ0v) is 9.70.